The Kier molecular flexibility index (Phi) is 3.32. The van der Waals surface area contributed by atoms with Gasteiger partial charge in [-0.05, 0) is 24.7 Å². The molecule has 1 saturated carbocycles. The van der Waals surface area contributed by atoms with E-state index in [4.69, 9.17) is 4.74 Å². The van der Waals surface area contributed by atoms with E-state index < -0.39 is 0 Å². The maximum Gasteiger partial charge on any atom is 0.0644 e. The zero-order chi connectivity index (χ0) is 9.90. The molecule has 1 heteroatoms. The Bertz CT molecular complexity index is 213. The Labute approximate surface area is 81.5 Å². The first kappa shape index (κ1) is 10.5. The minimum atomic E-state index is 0.357. The third-order valence-corrected chi connectivity index (χ3v) is 3.22. The van der Waals surface area contributed by atoms with E-state index in [0.29, 0.717) is 17.9 Å². The van der Waals surface area contributed by atoms with Gasteiger partial charge in [0.1, 0.15) is 0 Å². The molecule has 0 aliphatic heterocycles. The summed E-state index contributed by atoms with van der Waals surface area (Å²) in [5, 5.41) is 0. The van der Waals surface area contributed by atoms with Crippen LogP contribution < -0.4 is 0 Å². The van der Waals surface area contributed by atoms with Crippen LogP contribution in [-0.2, 0) is 4.74 Å². The Hall–Kier alpha value is -0.560. The topological polar surface area (TPSA) is 9.23 Å². The molecule has 1 aliphatic carbocycles. The number of rotatable bonds is 4. The summed E-state index contributed by atoms with van der Waals surface area (Å²) in [6.45, 7) is 11.9. The molecular weight excluding hydrogens is 160 g/mol. The first-order chi connectivity index (χ1) is 6.12. The van der Waals surface area contributed by atoms with Crippen LogP contribution in [0.25, 0.3) is 0 Å². The second-order valence-electron chi connectivity index (χ2n) is 4.26. The second-order valence-corrected chi connectivity index (χ2v) is 4.26. The molecule has 74 valence electrons. The SMILES string of the molecule is C=CCOCC1CC(=CC)C1(C)C. The van der Waals surface area contributed by atoms with Crippen LogP contribution in [0.4, 0.5) is 0 Å². The van der Waals surface area contributed by atoms with Crippen LogP contribution >= 0.6 is 0 Å². The summed E-state index contributed by atoms with van der Waals surface area (Å²) in [5.74, 6) is 0.693. The summed E-state index contributed by atoms with van der Waals surface area (Å²) < 4.78 is 5.47. The molecule has 0 aromatic heterocycles. The molecule has 0 heterocycles. The van der Waals surface area contributed by atoms with Gasteiger partial charge in [-0.3, -0.25) is 0 Å². The molecule has 1 rings (SSSR count). The quantitative estimate of drug-likeness (QED) is 0.477. The average molecular weight is 180 g/mol. The molecule has 0 radical (unpaired) electrons. The van der Waals surface area contributed by atoms with Crippen molar-refractivity contribution in [1.82, 2.24) is 0 Å². The number of hydrogen-bond donors (Lipinski definition) is 0. The van der Waals surface area contributed by atoms with E-state index in [2.05, 4.69) is 33.4 Å². The van der Waals surface area contributed by atoms with Gasteiger partial charge in [-0.2, -0.15) is 0 Å². The Balaban J connectivity index is 2.36. The van der Waals surface area contributed by atoms with Crippen LogP contribution in [0.5, 0.6) is 0 Å². The van der Waals surface area contributed by atoms with Crippen LogP contribution in [0.15, 0.2) is 24.3 Å². The summed E-state index contributed by atoms with van der Waals surface area (Å²) >= 11 is 0. The molecular formula is C12H20O. The van der Waals surface area contributed by atoms with Gasteiger partial charge in [-0.15, -0.1) is 6.58 Å². The second kappa shape index (κ2) is 4.10. The normalized spacial score (nSPS) is 28.5. The third-order valence-electron chi connectivity index (χ3n) is 3.22. The lowest BCUT2D eigenvalue weighted by Gasteiger charge is -2.47. The predicted octanol–water partition coefficient (Wildman–Crippen LogP) is 3.18. The first-order valence-corrected chi connectivity index (χ1v) is 4.97. The molecule has 1 fully saturated rings. The van der Waals surface area contributed by atoms with Gasteiger partial charge in [0, 0.05) is 0 Å². The van der Waals surface area contributed by atoms with E-state index in [0.717, 1.165) is 6.61 Å². The van der Waals surface area contributed by atoms with Gasteiger partial charge in [0.05, 0.1) is 13.2 Å². The molecule has 0 N–H and O–H groups in total. The van der Waals surface area contributed by atoms with Crippen LogP contribution in [0, 0.1) is 11.3 Å². The molecule has 1 nitrogen and oxygen atoms in total. The lowest BCUT2D eigenvalue weighted by Crippen LogP contribution is -2.40. The highest BCUT2D eigenvalue weighted by Crippen LogP contribution is 2.50. The van der Waals surface area contributed by atoms with Crippen molar-refractivity contribution < 1.29 is 4.74 Å². The molecule has 13 heavy (non-hydrogen) atoms. The lowest BCUT2D eigenvalue weighted by molar-refractivity contribution is 0.0398. The van der Waals surface area contributed by atoms with E-state index in [1.54, 1.807) is 5.57 Å². The maximum atomic E-state index is 5.47. The molecule has 0 aromatic carbocycles. The van der Waals surface area contributed by atoms with E-state index >= 15 is 0 Å². The largest absolute Gasteiger partial charge is 0.377 e. The molecule has 0 spiro atoms. The van der Waals surface area contributed by atoms with Crippen molar-refractivity contribution in [2.24, 2.45) is 11.3 Å². The smallest absolute Gasteiger partial charge is 0.0644 e. The fourth-order valence-electron chi connectivity index (χ4n) is 1.97. The van der Waals surface area contributed by atoms with Crippen LogP contribution in [0.1, 0.15) is 27.2 Å². The molecule has 1 unspecified atom stereocenters. The summed E-state index contributed by atoms with van der Waals surface area (Å²) in [7, 11) is 0. The van der Waals surface area contributed by atoms with Gasteiger partial charge in [-0.1, -0.05) is 31.6 Å². The van der Waals surface area contributed by atoms with Gasteiger partial charge in [0.2, 0.25) is 0 Å². The van der Waals surface area contributed by atoms with Gasteiger partial charge in [-0.25, -0.2) is 0 Å². The number of hydrogen-bond acceptors (Lipinski definition) is 1. The molecule has 1 atom stereocenters. The molecule has 0 saturated heterocycles. The van der Waals surface area contributed by atoms with E-state index in [1.807, 2.05) is 6.08 Å². The summed E-state index contributed by atoms with van der Waals surface area (Å²) in [6, 6.07) is 0. The minimum absolute atomic E-state index is 0.357. The van der Waals surface area contributed by atoms with Gasteiger partial charge >= 0.3 is 0 Å². The number of ether oxygens (including phenoxy) is 1. The average Bonchev–Trinajstić information content (AvgIpc) is 2.10. The van der Waals surface area contributed by atoms with E-state index in [-0.39, 0.29) is 0 Å². The van der Waals surface area contributed by atoms with Crippen molar-refractivity contribution in [2.75, 3.05) is 13.2 Å². The number of allylic oxidation sites excluding steroid dienone is 2. The third kappa shape index (κ3) is 2.02. The highest BCUT2D eigenvalue weighted by Gasteiger charge is 2.42. The van der Waals surface area contributed by atoms with Crippen LogP contribution in [0.2, 0.25) is 0 Å². The minimum Gasteiger partial charge on any atom is -0.377 e. The lowest BCUT2D eigenvalue weighted by atomic mass is 9.59. The van der Waals surface area contributed by atoms with E-state index in [9.17, 15) is 0 Å². The zero-order valence-electron chi connectivity index (χ0n) is 8.97. The van der Waals surface area contributed by atoms with Gasteiger partial charge < -0.3 is 4.74 Å². The Morgan fingerprint density at radius 1 is 1.62 bits per heavy atom. The first-order valence-electron chi connectivity index (χ1n) is 4.97. The van der Waals surface area contributed by atoms with E-state index in [1.165, 1.54) is 6.42 Å². The van der Waals surface area contributed by atoms with Crippen molar-refractivity contribution in [1.29, 1.82) is 0 Å². The summed E-state index contributed by atoms with van der Waals surface area (Å²) in [6.07, 6.45) is 5.26. The molecule has 0 amide bonds. The Morgan fingerprint density at radius 2 is 2.31 bits per heavy atom. The fraction of sp³-hybridized carbons (Fsp3) is 0.667. The maximum absolute atomic E-state index is 5.47. The van der Waals surface area contributed by atoms with Crippen molar-refractivity contribution in [3.63, 3.8) is 0 Å². The van der Waals surface area contributed by atoms with Crippen LogP contribution in [0.3, 0.4) is 0 Å². The zero-order valence-corrected chi connectivity index (χ0v) is 8.97. The fourth-order valence-corrected chi connectivity index (χ4v) is 1.97. The molecule has 0 bridgehead atoms. The van der Waals surface area contributed by atoms with Crippen molar-refractivity contribution >= 4 is 0 Å². The van der Waals surface area contributed by atoms with Crippen LogP contribution in [-0.4, -0.2) is 13.2 Å². The van der Waals surface area contributed by atoms with Crippen molar-refractivity contribution in [3.05, 3.63) is 24.3 Å². The summed E-state index contributed by atoms with van der Waals surface area (Å²) in [5.41, 5.74) is 1.93. The standard InChI is InChI=1S/C12H20O/c1-5-7-13-9-11-8-10(6-2)12(11,3)4/h5-6,11H,1,7-9H2,2-4H3. The highest BCUT2D eigenvalue weighted by molar-refractivity contribution is 5.23. The highest BCUT2D eigenvalue weighted by atomic mass is 16.5. The van der Waals surface area contributed by atoms with Gasteiger partial charge in [0.25, 0.3) is 0 Å². The summed E-state index contributed by atoms with van der Waals surface area (Å²) in [4.78, 5) is 0. The monoisotopic (exact) mass is 180 g/mol. The Morgan fingerprint density at radius 3 is 2.77 bits per heavy atom. The molecule has 0 aromatic rings. The van der Waals surface area contributed by atoms with Crippen molar-refractivity contribution in [3.8, 4) is 0 Å². The van der Waals surface area contributed by atoms with Crippen molar-refractivity contribution in [2.45, 2.75) is 27.2 Å². The van der Waals surface area contributed by atoms with Gasteiger partial charge in [0.15, 0.2) is 0 Å². The predicted molar refractivity (Wildman–Crippen MR) is 56.7 cm³/mol. The molecule has 1 aliphatic rings.